The standard InChI is InChI=1S/C14H17N3/c1-11-5-3-7-13(15)14(11)17(2)10-12-6-4-8-16-9-12/h3-9H,10,15H2,1-2H3. The van der Waals surface area contributed by atoms with E-state index in [0.29, 0.717) is 0 Å². The third-order valence-corrected chi connectivity index (χ3v) is 2.79. The van der Waals surface area contributed by atoms with Gasteiger partial charge in [-0.2, -0.15) is 0 Å². The van der Waals surface area contributed by atoms with Crippen LogP contribution in [0.4, 0.5) is 11.4 Å². The second-order valence-electron chi connectivity index (χ2n) is 4.23. The van der Waals surface area contributed by atoms with Crippen molar-refractivity contribution in [3.63, 3.8) is 0 Å². The largest absolute Gasteiger partial charge is 0.397 e. The first-order valence-electron chi connectivity index (χ1n) is 5.63. The Balaban J connectivity index is 2.23. The Morgan fingerprint density at radius 1 is 1.24 bits per heavy atom. The van der Waals surface area contributed by atoms with Crippen LogP contribution in [0.1, 0.15) is 11.1 Å². The zero-order valence-electron chi connectivity index (χ0n) is 10.2. The average molecular weight is 227 g/mol. The Morgan fingerprint density at radius 3 is 2.71 bits per heavy atom. The molecule has 0 radical (unpaired) electrons. The van der Waals surface area contributed by atoms with Crippen molar-refractivity contribution >= 4 is 11.4 Å². The number of nitrogens with zero attached hydrogens (tertiary/aromatic N) is 2. The van der Waals surface area contributed by atoms with Crippen molar-refractivity contribution in [1.29, 1.82) is 0 Å². The Kier molecular flexibility index (Phi) is 3.28. The van der Waals surface area contributed by atoms with Crippen LogP contribution in [0.15, 0.2) is 42.7 Å². The predicted molar refractivity (Wildman–Crippen MR) is 71.9 cm³/mol. The fourth-order valence-corrected chi connectivity index (χ4v) is 2.05. The molecule has 3 nitrogen and oxygen atoms in total. The number of rotatable bonds is 3. The molecule has 0 bridgehead atoms. The number of nitrogen functional groups attached to an aromatic ring is 1. The van der Waals surface area contributed by atoms with Gasteiger partial charge in [-0.25, -0.2) is 0 Å². The van der Waals surface area contributed by atoms with Crippen molar-refractivity contribution in [2.75, 3.05) is 17.7 Å². The maximum atomic E-state index is 6.02. The highest BCUT2D eigenvalue weighted by atomic mass is 15.1. The van der Waals surface area contributed by atoms with E-state index in [1.54, 1.807) is 6.20 Å². The number of benzene rings is 1. The van der Waals surface area contributed by atoms with Crippen molar-refractivity contribution in [2.45, 2.75) is 13.5 Å². The summed E-state index contributed by atoms with van der Waals surface area (Å²) in [6, 6.07) is 10.0. The summed E-state index contributed by atoms with van der Waals surface area (Å²) < 4.78 is 0. The molecular weight excluding hydrogens is 210 g/mol. The Morgan fingerprint density at radius 2 is 2.06 bits per heavy atom. The topological polar surface area (TPSA) is 42.1 Å². The maximum Gasteiger partial charge on any atom is 0.0630 e. The summed E-state index contributed by atoms with van der Waals surface area (Å²) in [5.74, 6) is 0. The molecule has 0 amide bonds. The normalized spacial score (nSPS) is 10.2. The second kappa shape index (κ2) is 4.87. The fraction of sp³-hybridized carbons (Fsp3) is 0.214. The zero-order valence-corrected chi connectivity index (χ0v) is 10.2. The number of aryl methyl sites for hydroxylation is 1. The van der Waals surface area contributed by atoms with E-state index in [4.69, 9.17) is 5.73 Å². The summed E-state index contributed by atoms with van der Waals surface area (Å²) in [4.78, 5) is 6.27. The van der Waals surface area contributed by atoms with E-state index in [9.17, 15) is 0 Å². The summed E-state index contributed by atoms with van der Waals surface area (Å²) in [6.45, 7) is 2.88. The summed E-state index contributed by atoms with van der Waals surface area (Å²) in [5, 5.41) is 0. The summed E-state index contributed by atoms with van der Waals surface area (Å²) in [5.41, 5.74) is 10.3. The number of aromatic nitrogens is 1. The van der Waals surface area contributed by atoms with Crippen molar-refractivity contribution in [2.24, 2.45) is 0 Å². The van der Waals surface area contributed by atoms with Crippen LogP contribution < -0.4 is 10.6 Å². The van der Waals surface area contributed by atoms with Gasteiger partial charge in [0, 0.05) is 26.0 Å². The molecule has 0 fully saturated rings. The minimum atomic E-state index is 0.808. The second-order valence-corrected chi connectivity index (χ2v) is 4.23. The quantitative estimate of drug-likeness (QED) is 0.819. The molecule has 3 heteroatoms. The van der Waals surface area contributed by atoms with E-state index >= 15 is 0 Å². The highest BCUT2D eigenvalue weighted by Gasteiger charge is 2.08. The van der Waals surface area contributed by atoms with Crippen LogP contribution in [0, 0.1) is 6.92 Å². The maximum absolute atomic E-state index is 6.02. The van der Waals surface area contributed by atoms with Gasteiger partial charge in [0.1, 0.15) is 0 Å². The number of hydrogen-bond acceptors (Lipinski definition) is 3. The van der Waals surface area contributed by atoms with Crippen LogP contribution in [-0.4, -0.2) is 12.0 Å². The predicted octanol–water partition coefficient (Wildman–Crippen LogP) is 2.61. The highest BCUT2D eigenvalue weighted by molar-refractivity contribution is 5.71. The molecule has 1 aromatic heterocycles. The lowest BCUT2D eigenvalue weighted by Gasteiger charge is -2.23. The molecule has 88 valence electrons. The molecule has 0 spiro atoms. The van der Waals surface area contributed by atoms with E-state index in [1.165, 1.54) is 11.1 Å². The molecule has 0 aliphatic heterocycles. The van der Waals surface area contributed by atoms with E-state index in [-0.39, 0.29) is 0 Å². The van der Waals surface area contributed by atoms with Gasteiger partial charge in [0.2, 0.25) is 0 Å². The van der Waals surface area contributed by atoms with Crippen molar-refractivity contribution < 1.29 is 0 Å². The molecule has 0 aliphatic carbocycles. The Hall–Kier alpha value is -2.03. The lowest BCUT2D eigenvalue weighted by atomic mass is 10.1. The third kappa shape index (κ3) is 2.56. The van der Waals surface area contributed by atoms with E-state index in [2.05, 4.69) is 28.9 Å². The van der Waals surface area contributed by atoms with Crippen LogP contribution in [0.3, 0.4) is 0 Å². The molecule has 2 aromatic rings. The lowest BCUT2D eigenvalue weighted by molar-refractivity contribution is 0.911. The number of pyridine rings is 1. The molecule has 0 saturated carbocycles. The van der Waals surface area contributed by atoms with Gasteiger partial charge in [0.05, 0.1) is 11.4 Å². The SMILES string of the molecule is Cc1cccc(N)c1N(C)Cc1cccnc1. The Labute approximate surface area is 102 Å². The first kappa shape index (κ1) is 11.5. The van der Waals surface area contributed by atoms with Crippen LogP contribution in [0.2, 0.25) is 0 Å². The average Bonchev–Trinajstić information content (AvgIpc) is 2.30. The van der Waals surface area contributed by atoms with Gasteiger partial charge < -0.3 is 10.6 Å². The molecule has 17 heavy (non-hydrogen) atoms. The van der Waals surface area contributed by atoms with E-state index in [1.807, 2.05) is 31.4 Å². The molecule has 0 saturated heterocycles. The fourth-order valence-electron chi connectivity index (χ4n) is 2.05. The number of nitrogens with two attached hydrogens (primary N) is 1. The Bertz CT molecular complexity index is 474. The molecule has 0 unspecified atom stereocenters. The number of hydrogen-bond donors (Lipinski definition) is 1. The van der Waals surface area contributed by atoms with Gasteiger partial charge >= 0.3 is 0 Å². The third-order valence-electron chi connectivity index (χ3n) is 2.79. The molecule has 2 rings (SSSR count). The highest BCUT2D eigenvalue weighted by Crippen LogP contribution is 2.27. The number of anilines is 2. The van der Waals surface area contributed by atoms with Gasteiger partial charge in [-0.15, -0.1) is 0 Å². The molecular formula is C14H17N3. The van der Waals surface area contributed by atoms with Crippen molar-refractivity contribution in [1.82, 2.24) is 4.98 Å². The van der Waals surface area contributed by atoms with Crippen LogP contribution in [-0.2, 0) is 6.54 Å². The molecule has 1 heterocycles. The van der Waals surface area contributed by atoms with Gasteiger partial charge in [-0.05, 0) is 30.2 Å². The first-order valence-corrected chi connectivity index (χ1v) is 5.63. The van der Waals surface area contributed by atoms with E-state index in [0.717, 1.165) is 17.9 Å². The zero-order chi connectivity index (χ0) is 12.3. The van der Waals surface area contributed by atoms with Crippen LogP contribution >= 0.6 is 0 Å². The molecule has 1 aromatic carbocycles. The molecule has 0 atom stereocenters. The van der Waals surface area contributed by atoms with Crippen molar-refractivity contribution in [3.8, 4) is 0 Å². The van der Waals surface area contributed by atoms with Gasteiger partial charge in [-0.1, -0.05) is 18.2 Å². The monoisotopic (exact) mass is 227 g/mol. The summed E-state index contributed by atoms with van der Waals surface area (Å²) in [7, 11) is 2.05. The van der Waals surface area contributed by atoms with Crippen molar-refractivity contribution in [3.05, 3.63) is 53.9 Å². The lowest BCUT2D eigenvalue weighted by Crippen LogP contribution is -2.18. The minimum absolute atomic E-state index is 0.808. The molecule has 0 aliphatic rings. The van der Waals surface area contributed by atoms with Crippen LogP contribution in [0.25, 0.3) is 0 Å². The van der Waals surface area contributed by atoms with E-state index < -0.39 is 0 Å². The van der Waals surface area contributed by atoms with Crippen LogP contribution in [0.5, 0.6) is 0 Å². The summed E-state index contributed by atoms with van der Waals surface area (Å²) in [6.07, 6.45) is 3.66. The molecule has 2 N–H and O–H groups in total. The minimum Gasteiger partial charge on any atom is -0.397 e. The first-order chi connectivity index (χ1) is 8.18. The smallest absolute Gasteiger partial charge is 0.0630 e. The summed E-state index contributed by atoms with van der Waals surface area (Å²) >= 11 is 0. The van der Waals surface area contributed by atoms with Gasteiger partial charge in [0.15, 0.2) is 0 Å². The number of para-hydroxylation sites is 1. The van der Waals surface area contributed by atoms with Gasteiger partial charge in [0.25, 0.3) is 0 Å². The van der Waals surface area contributed by atoms with Gasteiger partial charge in [-0.3, -0.25) is 4.98 Å².